The van der Waals surface area contributed by atoms with Gasteiger partial charge in [-0.05, 0) is 37.5 Å². The molecule has 0 bridgehead atoms. The van der Waals surface area contributed by atoms with Gasteiger partial charge in [0.1, 0.15) is 6.04 Å². The zero-order valence-corrected chi connectivity index (χ0v) is 18.0. The lowest BCUT2D eigenvalue weighted by Gasteiger charge is -2.32. The van der Waals surface area contributed by atoms with E-state index in [2.05, 4.69) is 15.5 Å². The van der Waals surface area contributed by atoms with Crippen molar-refractivity contribution >= 4 is 29.3 Å². The van der Waals surface area contributed by atoms with Gasteiger partial charge in [-0.3, -0.25) is 29.4 Å². The number of rotatable bonds is 8. The van der Waals surface area contributed by atoms with Gasteiger partial charge in [-0.25, -0.2) is 0 Å². The second kappa shape index (κ2) is 9.76. The highest BCUT2D eigenvalue weighted by Gasteiger charge is 2.44. The molecule has 10 heteroatoms. The molecule has 3 heterocycles. The maximum atomic E-state index is 13.0. The summed E-state index contributed by atoms with van der Waals surface area (Å²) in [6, 6.07) is 4.44. The molecule has 0 spiro atoms. The summed E-state index contributed by atoms with van der Waals surface area (Å²) in [5.74, 6) is -1.97. The summed E-state index contributed by atoms with van der Waals surface area (Å²) in [5.41, 5.74) is 6.78. The Morgan fingerprint density at radius 3 is 2.50 bits per heavy atom. The molecule has 0 radical (unpaired) electrons. The first kappa shape index (κ1) is 22.4. The van der Waals surface area contributed by atoms with Crippen molar-refractivity contribution in [1.29, 1.82) is 0 Å². The quantitative estimate of drug-likeness (QED) is 0.376. The number of amides is 4. The summed E-state index contributed by atoms with van der Waals surface area (Å²) in [5, 5.41) is 5.68. The number of hydrogen-bond donors (Lipinski definition) is 3. The van der Waals surface area contributed by atoms with E-state index < -0.39 is 23.8 Å². The minimum Gasteiger partial charge on any atom is -0.382 e. The second-order valence-electron chi connectivity index (χ2n) is 8.37. The van der Waals surface area contributed by atoms with E-state index in [0.717, 1.165) is 43.1 Å². The molecule has 0 aromatic heterocycles. The number of anilines is 1. The smallest absolute Gasteiger partial charge is 0.262 e. The molecule has 10 nitrogen and oxygen atoms in total. The Labute approximate surface area is 186 Å². The largest absolute Gasteiger partial charge is 0.382 e. The van der Waals surface area contributed by atoms with Gasteiger partial charge in [-0.2, -0.15) is 0 Å². The molecule has 32 heavy (non-hydrogen) atoms. The highest BCUT2D eigenvalue weighted by Crippen LogP contribution is 2.30. The van der Waals surface area contributed by atoms with E-state index in [4.69, 9.17) is 10.5 Å². The number of benzene rings is 1. The zero-order chi connectivity index (χ0) is 22.7. The van der Waals surface area contributed by atoms with Crippen molar-refractivity contribution in [3.05, 3.63) is 29.3 Å². The molecule has 2 saturated heterocycles. The van der Waals surface area contributed by atoms with Crippen LogP contribution in [0.4, 0.5) is 5.69 Å². The van der Waals surface area contributed by atoms with Crippen LogP contribution in [-0.2, 0) is 14.3 Å². The van der Waals surface area contributed by atoms with Gasteiger partial charge in [0.05, 0.1) is 24.3 Å². The summed E-state index contributed by atoms with van der Waals surface area (Å²) in [4.78, 5) is 52.7. The lowest BCUT2D eigenvalue weighted by atomic mass is 10.0. The third-order valence-electron chi connectivity index (χ3n) is 6.21. The van der Waals surface area contributed by atoms with Crippen molar-refractivity contribution in [2.45, 2.75) is 37.8 Å². The molecular formula is C22H29N5O5. The van der Waals surface area contributed by atoms with Crippen LogP contribution < -0.4 is 16.4 Å². The molecule has 3 aliphatic heterocycles. The van der Waals surface area contributed by atoms with Gasteiger partial charge >= 0.3 is 0 Å². The Kier molecular flexibility index (Phi) is 6.83. The van der Waals surface area contributed by atoms with Crippen molar-refractivity contribution in [1.82, 2.24) is 15.1 Å². The Morgan fingerprint density at radius 2 is 1.78 bits per heavy atom. The van der Waals surface area contributed by atoms with Crippen LogP contribution in [0.5, 0.6) is 0 Å². The predicted molar refractivity (Wildman–Crippen MR) is 116 cm³/mol. The molecule has 1 aromatic rings. The van der Waals surface area contributed by atoms with E-state index in [9.17, 15) is 19.2 Å². The Morgan fingerprint density at radius 1 is 1.03 bits per heavy atom. The minimum absolute atomic E-state index is 0.106. The average molecular weight is 444 g/mol. The van der Waals surface area contributed by atoms with Crippen LogP contribution in [0, 0.1) is 0 Å². The molecule has 1 atom stereocenters. The predicted octanol–water partition coefficient (Wildman–Crippen LogP) is -0.0606. The van der Waals surface area contributed by atoms with Crippen molar-refractivity contribution in [3.63, 3.8) is 0 Å². The van der Waals surface area contributed by atoms with Gasteiger partial charge in [-0.1, -0.05) is 0 Å². The number of hydrogen-bond acceptors (Lipinski definition) is 8. The summed E-state index contributed by atoms with van der Waals surface area (Å²) >= 11 is 0. The van der Waals surface area contributed by atoms with Gasteiger partial charge in [0.15, 0.2) is 0 Å². The van der Waals surface area contributed by atoms with Crippen molar-refractivity contribution < 1.29 is 23.9 Å². The van der Waals surface area contributed by atoms with E-state index in [1.807, 2.05) is 0 Å². The number of piperidine rings is 2. The molecule has 1 aromatic carbocycles. The van der Waals surface area contributed by atoms with Gasteiger partial charge in [0, 0.05) is 44.3 Å². The molecule has 4 amide bonds. The first-order valence-electron chi connectivity index (χ1n) is 11.1. The number of likely N-dealkylation sites (tertiary alicyclic amines) is 1. The van der Waals surface area contributed by atoms with Crippen LogP contribution in [-0.4, -0.2) is 84.9 Å². The third kappa shape index (κ3) is 4.67. The number of fused-ring (bicyclic) bond motifs is 1. The maximum absolute atomic E-state index is 13.0. The number of imide groups is 2. The molecule has 4 rings (SSSR count). The van der Waals surface area contributed by atoms with E-state index in [-0.39, 0.29) is 30.4 Å². The van der Waals surface area contributed by atoms with Gasteiger partial charge in [-0.15, -0.1) is 0 Å². The molecule has 1 unspecified atom stereocenters. The lowest BCUT2D eigenvalue weighted by molar-refractivity contribution is -0.136. The first-order chi connectivity index (χ1) is 15.5. The Hall–Kier alpha value is -2.82. The lowest BCUT2D eigenvalue weighted by Crippen LogP contribution is -2.54. The highest BCUT2D eigenvalue weighted by atomic mass is 16.5. The normalized spacial score (nSPS) is 22.3. The summed E-state index contributed by atoms with van der Waals surface area (Å²) < 4.78 is 5.45. The zero-order valence-electron chi connectivity index (χ0n) is 18.0. The SMILES string of the molecule is NCCOCCN1CCC(Nc2ccc3c(c2)C(=O)N(C2CCC(=O)NC2=O)C3=O)CC1. The summed E-state index contributed by atoms with van der Waals surface area (Å²) in [7, 11) is 0. The van der Waals surface area contributed by atoms with Crippen LogP contribution in [0.2, 0.25) is 0 Å². The molecule has 3 aliphatic rings. The number of nitrogens with zero attached hydrogens (tertiary/aromatic N) is 2. The second-order valence-corrected chi connectivity index (χ2v) is 8.37. The Bertz CT molecular complexity index is 912. The summed E-state index contributed by atoms with van der Waals surface area (Å²) in [6.45, 7) is 4.59. The van der Waals surface area contributed by atoms with E-state index in [0.29, 0.717) is 25.3 Å². The van der Waals surface area contributed by atoms with E-state index in [1.165, 1.54) is 0 Å². The number of carbonyl (C=O) groups is 4. The molecule has 4 N–H and O–H groups in total. The first-order valence-corrected chi connectivity index (χ1v) is 11.1. The number of ether oxygens (including phenoxy) is 1. The fourth-order valence-electron chi connectivity index (χ4n) is 4.48. The van der Waals surface area contributed by atoms with Crippen molar-refractivity contribution in [3.8, 4) is 0 Å². The monoisotopic (exact) mass is 443 g/mol. The molecule has 2 fully saturated rings. The topological polar surface area (TPSA) is 134 Å². The van der Waals surface area contributed by atoms with E-state index >= 15 is 0 Å². The van der Waals surface area contributed by atoms with Gasteiger partial charge in [0.2, 0.25) is 11.8 Å². The highest BCUT2D eigenvalue weighted by molar-refractivity contribution is 6.23. The van der Waals surface area contributed by atoms with Crippen LogP contribution >= 0.6 is 0 Å². The van der Waals surface area contributed by atoms with Gasteiger partial charge < -0.3 is 20.7 Å². The molecule has 0 saturated carbocycles. The minimum atomic E-state index is -0.949. The standard InChI is InChI=1S/C22H29N5O5/c23-7-11-32-12-10-26-8-5-14(6-9-26)24-15-1-2-16-17(13-15)22(31)27(21(16)30)18-3-4-19(28)25-20(18)29/h1-2,13-14,18,24H,3-12,23H2,(H,25,28,29). The number of nitrogens with one attached hydrogen (secondary N) is 2. The molecule has 172 valence electrons. The Balaban J connectivity index is 1.35. The van der Waals surface area contributed by atoms with Crippen LogP contribution in [0.25, 0.3) is 0 Å². The number of carbonyl (C=O) groups excluding carboxylic acids is 4. The van der Waals surface area contributed by atoms with Crippen molar-refractivity contribution in [2.75, 3.05) is 44.7 Å². The van der Waals surface area contributed by atoms with Crippen LogP contribution in [0.1, 0.15) is 46.4 Å². The molecular weight excluding hydrogens is 414 g/mol. The summed E-state index contributed by atoms with van der Waals surface area (Å²) in [6.07, 6.45) is 2.18. The van der Waals surface area contributed by atoms with Crippen LogP contribution in [0.3, 0.4) is 0 Å². The fourth-order valence-corrected chi connectivity index (χ4v) is 4.48. The molecule has 0 aliphatic carbocycles. The number of nitrogens with two attached hydrogens (primary N) is 1. The van der Waals surface area contributed by atoms with Crippen LogP contribution in [0.15, 0.2) is 18.2 Å². The average Bonchev–Trinajstić information content (AvgIpc) is 3.02. The maximum Gasteiger partial charge on any atom is 0.262 e. The van der Waals surface area contributed by atoms with Gasteiger partial charge in [0.25, 0.3) is 11.8 Å². The fraction of sp³-hybridized carbons (Fsp3) is 0.545. The third-order valence-corrected chi connectivity index (χ3v) is 6.21. The van der Waals surface area contributed by atoms with Crippen molar-refractivity contribution in [2.24, 2.45) is 5.73 Å². The van der Waals surface area contributed by atoms with E-state index in [1.54, 1.807) is 18.2 Å².